The minimum absolute atomic E-state index is 0.280. The minimum atomic E-state index is -2.16. The van der Waals surface area contributed by atoms with Crippen molar-refractivity contribution in [3.63, 3.8) is 0 Å². The van der Waals surface area contributed by atoms with Crippen LogP contribution in [-0.4, -0.2) is 18.9 Å². The number of hydrogen-bond donors (Lipinski definition) is 1. The number of ether oxygens (including phenoxy) is 1. The van der Waals surface area contributed by atoms with Gasteiger partial charge >= 0.3 is 5.97 Å². The molecule has 0 unspecified atom stereocenters. The molecule has 1 rings (SSSR count). The van der Waals surface area contributed by atoms with E-state index in [1.54, 1.807) is 0 Å². The number of methoxy groups -OCH3 is 1. The second-order valence-electron chi connectivity index (χ2n) is 4.75. The van der Waals surface area contributed by atoms with E-state index in [1.165, 1.54) is 12.7 Å². The molecule has 0 heterocycles. The lowest BCUT2D eigenvalue weighted by molar-refractivity contribution is -0.155. The third kappa shape index (κ3) is 3.81. The van der Waals surface area contributed by atoms with Gasteiger partial charge in [0.15, 0.2) is 0 Å². The molecule has 18 heavy (non-hydrogen) atoms. The molecule has 0 aliphatic rings. The third-order valence-corrected chi connectivity index (χ3v) is 2.81. The molecule has 4 heteroatoms. The van der Waals surface area contributed by atoms with Crippen LogP contribution in [0.2, 0.25) is 0 Å². The van der Waals surface area contributed by atoms with Crippen molar-refractivity contribution in [1.82, 2.24) is 5.32 Å². The summed E-state index contributed by atoms with van der Waals surface area (Å²) in [5, 5.41) is 2.55. The van der Waals surface area contributed by atoms with Gasteiger partial charge in [-0.3, -0.25) is 5.32 Å². The van der Waals surface area contributed by atoms with Gasteiger partial charge in [0, 0.05) is 6.54 Å². The predicted octanol–water partition coefficient (Wildman–Crippen LogP) is 2.76. The van der Waals surface area contributed by atoms with Crippen LogP contribution in [0.1, 0.15) is 37.8 Å². The van der Waals surface area contributed by atoms with E-state index in [-0.39, 0.29) is 6.54 Å². The molecular weight excluding hydrogens is 233 g/mol. The first-order valence-corrected chi connectivity index (χ1v) is 5.98. The monoisotopic (exact) mass is 253 g/mol. The molecule has 1 aromatic carbocycles. The highest BCUT2D eigenvalue weighted by Crippen LogP contribution is 2.16. The molecule has 0 spiro atoms. The maximum absolute atomic E-state index is 13.8. The van der Waals surface area contributed by atoms with Crippen LogP contribution in [0.15, 0.2) is 24.3 Å². The fourth-order valence-corrected chi connectivity index (χ4v) is 1.59. The molecule has 0 radical (unpaired) electrons. The Morgan fingerprint density at radius 3 is 2.72 bits per heavy atom. The van der Waals surface area contributed by atoms with E-state index in [4.69, 9.17) is 0 Å². The molecular formula is C14H20FNO2. The summed E-state index contributed by atoms with van der Waals surface area (Å²) in [6.45, 7) is 5.63. The summed E-state index contributed by atoms with van der Waals surface area (Å²) in [5.74, 6) is -2.66. The number of rotatable bonds is 5. The van der Waals surface area contributed by atoms with Gasteiger partial charge in [-0.15, -0.1) is 0 Å². The number of carbonyl (C=O) groups is 1. The number of esters is 1. The molecule has 0 aliphatic heterocycles. The molecule has 0 saturated carbocycles. The Morgan fingerprint density at radius 1 is 1.50 bits per heavy atom. The smallest absolute Gasteiger partial charge is 0.358 e. The first-order valence-electron chi connectivity index (χ1n) is 5.98. The predicted molar refractivity (Wildman–Crippen MR) is 68.9 cm³/mol. The molecule has 100 valence electrons. The number of nitrogens with one attached hydrogen (secondary N) is 1. The van der Waals surface area contributed by atoms with Crippen LogP contribution < -0.4 is 5.32 Å². The zero-order valence-corrected chi connectivity index (χ0v) is 11.3. The SMILES string of the molecule is COC(=O)[C@](C)(F)NCc1cccc(C(C)C)c1. The maximum Gasteiger partial charge on any atom is 0.358 e. The van der Waals surface area contributed by atoms with E-state index < -0.39 is 11.8 Å². The summed E-state index contributed by atoms with van der Waals surface area (Å²) in [6, 6.07) is 7.86. The average molecular weight is 253 g/mol. The Morgan fingerprint density at radius 2 is 2.17 bits per heavy atom. The van der Waals surface area contributed by atoms with Gasteiger partial charge in [0.2, 0.25) is 0 Å². The zero-order valence-electron chi connectivity index (χ0n) is 11.3. The highest BCUT2D eigenvalue weighted by atomic mass is 19.1. The molecule has 1 atom stereocenters. The van der Waals surface area contributed by atoms with Crippen LogP contribution in [0.5, 0.6) is 0 Å². The zero-order chi connectivity index (χ0) is 13.8. The van der Waals surface area contributed by atoms with E-state index in [0.29, 0.717) is 5.92 Å². The van der Waals surface area contributed by atoms with Gasteiger partial charge in [-0.2, -0.15) is 0 Å². The standard InChI is InChI=1S/C14H20FNO2/c1-10(2)12-7-5-6-11(8-12)9-16-14(3,15)13(17)18-4/h5-8,10,16H,9H2,1-4H3/t14-/m1/s1. The summed E-state index contributed by atoms with van der Waals surface area (Å²) in [5.41, 5.74) is 2.13. The number of halogens is 1. The van der Waals surface area contributed by atoms with Gasteiger partial charge in [0.25, 0.3) is 5.79 Å². The third-order valence-electron chi connectivity index (χ3n) is 2.81. The van der Waals surface area contributed by atoms with Gasteiger partial charge < -0.3 is 4.74 Å². The van der Waals surface area contributed by atoms with Crippen molar-refractivity contribution in [1.29, 1.82) is 0 Å². The number of benzene rings is 1. The van der Waals surface area contributed by atoms with Crippen LogP contribution in [0.3, 0.4) is 0 Å². The molecule has 0 amide bonds. The van der Waals surface area contributed by atoms with Gasteiger partial charge in [0.1, 0.15) is 0 Å². The highest BCUT2D eigenvalue weighted by Gasteiger charge is 2.33. The molecule has 0 bridgehead atoms. The molecule has 0 fully saturated rings. The summed E-state index contributed by atoms with van der Waals surface area (Å²) in [7, 11) is 1.17. The van der Waals surface area contributed by atoms with Crippen molar-refractivity contribution in [2.24, 2.45) is 0 Å². The summed E-state index contributed by atoms with van der Waals surface area (Å²) in [4.78, 5) is 11.2. The quantitative estimate of drug-likeness (QED) is 0.647. The van der Waals surface area contributed by atoms with Crippen LogP contribution >= 0.6 is 0 Å². The molecule has 1 aromatic rings. The van der Waals surface area contributed by atoms with Crippen molar-refractivity contribution < 1.29 is 13.9 Å². The Kier molecular flexibility index (Phi) is 4.84. The Bertz CT molecular complexity index is 416. The summed E-state index contributed by atoms with van der Waals surface area (Å²) in [6.07, 6.45) is 0. The van der Waals surface area contributed by atoms with Gasteiger partial charge in [-0.25, -0.2) is 9.18 Å². The van der Waals surface area contributed by atoms with Gasteiger partial charge in [0.05, 0.1) is 7.11 Å². The normalized spacial score (nSPS) is 14.3. The maximum atomic E-state index is 13.8. The molecule has 1 N–H and O–H groups in total. The van der Waals surface area contributed by atoms with Crippen LogP contribution in [0.25, 0.3) is 0 Å². The Labute approximate surface area is 107 Å². The van der Waals surface area contributed by atoms with Crippen molar-refractivity contribution >= 4 is 5.97 Å². The fraction of sp³-hybridized carbons (Fsp3) is 0.500. The van der Waals surface area contributed by atoms with Gasteiger partial charge in [-0.1, -0.05) is 38.1 Å². The van der Waals surface area contributed by atoms with E-state index in [9.17, 15) is 9.18 Å². The van der Waals surface area contributed by atoms with Crippen molar-refractivity contribution in [3.05, 3.63) is 35.4 Å². The first-order chi connectivity index (χ1) is 8.36. The number of hydrogen-bond acceptors (Lipinski definition) is 3. The highest BCUT2D eigenvalue weighted by molar-refractivity contribution is 5.78. The van der Waals surface area contributed by atoms with Crippen LogP contribution in [0, 0.1) is 0 Å². The van der Waals surface area contributed by atoms with Crippen molar-refractivity contribution in [3.8, 4) is 0 Å². The molecule has 0 aromatic heterocycles. The summed E-state index contributed by atoms with van der Waals surface area (Å²) < 4.78 is 18.2. The average Bonchev–Trinajstić information content (AvgIpc) is 2.35. The van der Waals surface area contributed by atoms with Crippen LogP contribution in [-0.2, 0) is 16.1 Å². The van der Waals surface area contributed by atoms with E-state index >= 15 is 0 Å². The van der Waals surface area contributed by atoms with Crippen molar-refractivity contribution in [2.75, 3.05) is 7.11 Å². The second-order valence-corrected chi connectivity index (χ2v) is 4.75. The van der Waals surface area contributed by atoms with Crippen molar-refractivity contribution in [2.45, 2.75) is 39.0 Å². The van der Waals surface area contributed by atoms with E-state index in [0.717, 1.165) is 12.5 Å². The van der Waals surface area contributed by atoms with Crippen LogP contribution in [0.4, 0.5) is 4.39 Å². The topological polar surface area (TPSA) is 38.3 Å². The van der Waals surface area contributed by atoms with E-state index in [2.05, 4.69) is 23.9 Å². The number of carbonyl (C=O) groups excluding carboxylic acids is 1. The first kappa shape index (κ1) is 14.6. The minimum Gasteiger partial charge on any atom is -0.466 e. The lowest BCUT2D eigenvalue weighted by atomic mass is 10.0. The number of alkyl halides is 1. The molecule has 0 saturated heterocycles. The Hall–Kier alpha value is -1.42. The molecule has 3 nitrogen and oxygen atoms in total. The van der Waals surface area contributed by atoms with Gasteiger partial charge in [-0.05, 0) is 24.0 Å². The molecule has 0 aliphatic carbocycles. The second kappa shape index (κ2) is 5.96. The lowest BCUT2D eigenvalue weighted by Gasteiger charge is -2.19. The fourth-order valence-electron chi connectivity index (χ4n) is 1.59. The lowest BCUT2D eigenvalue weighted by Crippen LogP contribution is -2.45. The largest absolute Gasteiger partial charge is 0.466 e. The Balaban J connectivity index is 2.69. The van der Waals surface area contributed by atoms with E-state index in [1.807, 2.05) is 24.3 Å². The summed E-state index contributed by atoms with van der Waals surface area (Å²) >= 11 is 0.